The van der Waals surface area contributed by atoms with Gasteiger partial charge in [-0.2, -0.15) is 0 Å². The Balaban J connectivity index is 2.07. The average Bonchev–Trinajstić information content (AvgIpc) is 2.47. The topological polar surface area (TPSA) is 102 Å². The van der Waals surface area contributed by atoms with E-state index in [1.54, 1.807) is 18.5 Å². The van der Waals surface area contributed by atoms with E-state index in [9.17, 15) is 0 Å². The molecule has 0 atom stereocenters. The number of hydrazine groups is 1. The Labute approximate surface area is 118 Å². The van der Waals surface area contributed by atoms with Crippen LogP contribution in [0.2, 0.25) is 0 Å². The zero-order valence-corrected chi connectivity index (χ0v) is 11.7. The molecule has 7 heteroatoms. The number of rotatable bonds is 6. The second-order valence-corrected chi connectivity index (χ2v) is 4.45. The molecular weight excluding hydrogens is 254 g/mol. The highest BCUT2D eigenvalue weighted by atomic mass is 15.3. The van der Waals surface area contributed by atoms with Crippen LogP contribution in [0.15, 0.2) is 18.5 Å². The van der Waals surface area contributed by atoms with Crippen LogP contribution >= 0.6 is 0 Å². The number of anilines is 2. The summed E-state index contributed by atoms with van der Waals surface area (Å²) in [6.07, 6.45) is 5.29. The standard InChI is InChI=1S/C13H19N7/c1-3-4-11-18-12(5-13(19-11)20-14)17-8-10-7-15-9(2)6-16-10/h5-7H,3-4,8,14H2,1-2H3,(H2,17,18,19,20). The summed E-state index contributed by atoms with van der Waals surface area (Å²) < 4.78 is 0. The van der Waals surface area contributed by atoms with E-state index in [2.05, 4.69) is 37.6 Å². The summed E-state index contributed by atoms with van der Waals surface area (Å²) in [5.41, 5.74) is 4.31. The van der Waals surface area contributed by atoms with Crippen LogP contribution in [0.3, 0.4) is 0 Å². The Morgan fingerprint density at radius 2 is 1.95 bits per heavy atom. The van der Waals surface area contributed by atoms with E-state index in [0.717, 1.165) is 35.9 Å². The van der Waals surface area contributed by atoms with Gasteiger partial charge < -0.3 is 10.7 Å². The van der Waals surface area contributed by atoms with Crippen molar-refractivity contribution in [2.45, 2.75) is 33.2 Å². The SMILES string of the molecule is CCCc1nc(NN)cc(NCc2cnc(C)cn2)n1. The molecule has 0 fully saturated rings. The maximum absolute atomic E-state index is 5.42. The van der Waals surface area contributed by atoms with Gasteiger partial charge in [-0.25, -0.2) is 15.8 Å². The second-order valence-electron chi connectivity index (χ2n) is 4.45. The number of nitrogen functional groups attached to an aromatic ring is 1. The zero-order valence-electron chi connectivity index (χ0n) is 11.7. The summed E-state index contributed by atoms with van der Waals surface area (Å²) in [7, 11) is 0. The monoisotopic (exact) mass is 273 g/mol. The lowest BCUT2D eigenvalue weighted by Crippen LogP contribution is -2.12. The van der Waals surface area contributed by atoms with Gasteiger partial charge in [0.2, 0.25) is 0 Å². The molecule has 0 bridgehead atoms. The van der Waals surface area contributed by atoms with Gasteiger partial charge in [-0.1, -0.05) is 6.92 Å². The van der Waals surface area contributed by atoms with Crippen LogP contribution in [0.1, 0.15) is 30.6 Å². The molecule has 20 heavy (non-hydrogen) atoms. The molecule has 7 nitrogen and oxygen atoms in total. The van der Waals surface area contributed by atoms with Crippen LogP contribution in [0.25, 0.3) is 0 Å². The molecule has 2 rings (SSSR count). The molecule has 0 saturated heterocycles. The lowest BCUT2D eigenvalue weighted by Gasteiger charge is -2.09. The van der Waals surface area contributed by atoms with Crippen LogP contribution in [-0.2, 0) is 13.0 Å². The zero-order chi connectivity index (χ0) is 14.4. The van der Waals surface area contributed by atoms with Gasteiger partial charge in [-0.3, -0.25) is 9.97 Å². The average molecular weight is 273 g/mol. The molecule has 0 aromatic carbocycles. The van der Waals surface area contributed by atoms with E-state index >= 15 is 0 Å². The van der Waals surface area contributed by atoms with Crippen molar-refractivity contribution in [2.75, 3.05) is 10.7 Å². The largest absolute Gasteiger partial charge is 0.364 e. The van der Waals surface area contributed by atoms with Crippen LogP contribution in [0.5, 0.6) is 0 Å². The van der Waals surface area contributed by atoms with Gasteiger partial charge in [0, 0.05) is 18.7 Å². The summed E-state index contributed by atoms with van der Waals surface area (Å²) >= 11 is 0. The third kappa shape index (κ3) is 3.86. The van der Waals surface area contributed by atoms with Crippen molar-refractivity contribution < 1.29 is 0 Å². The third-order valence-corrected chi connectivity index (χ3v) is 2.68. The first-order valence-electron chi connectivity index (χ1n) is 6.57. The molecule has 0 aliphatic heterocycles. The van der Waals surface area contributed by atoms with Crippen LogP contribution in [-0.4, -0.2) is 19.9 Å². The number of aromatic nitrogens is 4. The van der Waals surface area contributed by atoms with E-state index in [0.29, 0.717) is 12.4 Å². The fourth-order valence-electron chi connectivity index (χ4n) is 1.69. The van der Waals surface area contributed by atoms with Crippen molar-refractivity contribution in [3.63, 3.8) is 0 Å². The number of hydrogen-bond acceptors (Lipinski definition) is 7. The van der Waals surface area contributed by atoms with E-state index in [1.165, 1.54) is 0 Å². The smallest absolute Gasteiger partial charge is 0.145 e. The van der Waals surface area contributed by atoms with Crippen LogP contribution in [0.4, 0.5) is 11.6 Å². The lowest BCUT2D eigenvalue weighted by atomic mass is 10.3. The first-order valence-corrected chi connectivity index (χ1v) is 6.57. The maximum Gasteiger partial charge on any atom is 0.145 e. The van der Waals surface area contributed by atoms with Crippen molar-refractivity contribution in [1.82, 2.24) is 19.9 Å². The van der Waals surface area contributed by atoms with Crippen molar-refractivity contribution in [2.24, 2.45) is 5.84 Å². The molecule has 2 heterocycles. The minimum atomic E-state index is 0.555. The first-order chi connectivity index (χ1) is 9.71. The molecule has 4 N–H and O–H groups in total. The Hall–Kier alpha value is -2.28. The second kappa shape index (κ2) is 6.76. The third-order valence-electron chi connectivity index (χ3n) is 2.68. The molecule has 0 unspecified atom stereocenters. The number of nitrogens with one attached hydrogen (secondary N) is 2. The van der Waals surface area contributed by atoms with Crippen molar-refractivity contribution in [3.8, 4) is 0 Å². The number of aryl methyl sites for hydroxylation is 2. The number of nitrogens with two attached hydrogens (primary N) is 1. The minimum absolute atomic E-state index is 0.555. The predicted octanol–water partition coefficient (Wildman–Crippen LogP) is 1.43. The molecule has 0 amide bonds. The molecule has 2 aromatic rings. The fraction of sp³-hybridized carbons (Fsp3) is 0.385. The number of nitrogens with zero attached hydrogens (tertiary/aromatic N) is 4. The van der Waals surface area contributed by atoms with E-state index in [1.807, 2.05) is 6.92 Å². The van der Waals surface area contributed by atoms with Gasteiger partial charge in [0.1, 0.15) is 17.5 Å². The van der Waals surface area contributed by atoms with Crippen molar-refractivity contribution in [1.29, 1.82) is 0 Å². The van der Waals surface area contributed by atoms with E-state index in [4.69, 9.17) is 5.84 Å². The molecular formula is C13H19N7. The fourth-order valence-corrected chi connectivity index (χ4v) is 1.69. The summed E-state index contributed by atoms with van der Waals surface area (Å²) in [6.45, 7) is 4.55. The lowest BCUT2D eigenvalue weighted by molar-refractivity contribution is 0.833. The van der Waals surface area contributed by atoms with E-state index in [-0.39, 0.29) is 0 Å². The Morgan fingerprint density at radius 1 is 1.15 bits per heavy atom. The maximum atomic E-state index is 5.42. The predicted molar refractivity (Wildman–Crippen MR) is 77.9 cm³/mol. The summed E-state index contributed by atoms with van der Waals surface area (Å²) in [6, 6.07) is 1.76. The van der Waals surface area contributed by atoms with Crippen LogP contribution < -0.4 is 16.6 Å². The molecule has 2 aromatic heterocycles. The normalized spacial score (nSPS) is 10.3. The molecule has 0 aliphatic carbocycles. The highest BCUT2D eigenvalue weighted by Gasteiger charge is 2.04. The first kappa shape index (κ1) is 14.1. The highest BCUT2D eigenvalue weighted by molar-refractivity contribution is 5.47. The van der Waals surface area contributed by atoms with Gasteiger partial charge in [0.25, 0.3) is 0 Å². The molecule has 0 saturated carbocycles. The summed E-state index contributed by atoms with van der Waals surface area (Å²) in [4.78, 5) is 17.2. The molecule has 106 valence electrons. The van der Waals surface area contributed by atoms with Crippen LogP contribution in [0, 0.1) is 6.92 Å². The van der Waals surface area contributed by atoms with Gasteiger partial charge in [-0.15, -0.1) is 0 Å². The Kier molecular flexibility index (Phi) is 4.78. The van der Waals surface area contributed by atoms with Gasteiger partial charge >= 0.3 is 0 Å². The Morgan fingerprint density at radius 3 is 2.60 bits per heavy atom. The summed E-state index contributed by atoms with van der Waals surface area (Å²) in [5.74, 6) is 7.50. The van der Waals surface area contributed by atoms with Gasteiger partial charge in [0.05, 0.1) is 24.1 Å². The molecule has 0 radical (unpaired) electrons. The Bertz CT molecular complexity index is 553. The highest BCUT2D eigenvalue weighted by Crippen LogP contribution is 2.12. The van der Waals surface area contributed by atoms with Crippen molar-refractivity contribution in [3.05, 3.63) is 35.7 Å². The molecule has 0 spiro atoms. The quantitative estimate of drug-likeness (QED) is 0.540. The van der Waals surface area contributed by atoms with E-state index < -0.39 is 0 Å². The molecule has 0 aliphatic rings. The van der Waals surface area contributed by atoms with Gasteiger partial charge in [0.15, 0.2) is 0 Å². The van der Waals surface area contributed by atoms with Gasteiger partial charge in [-0.05, 0) is 13.3 Å². The number of hydrogen-bond donors (Lipinski definition) is 3. The van der Waals surface area contributed by atoms with Crippen molar-refractivity contribution >= 4 is 11.6 Å². The minimum Gasteiger partial charge on any atom is -0.364 e. The summed E-state index contributed by atoms with van der Waals surface area (Å²) in [5, 5.41) is 3.20.